The van der Waals surface area contributed by atoms with Gasteiger partial charge >= 0.3 is 0 Å². The quantitative estimate of drug-likeness (QED) is 0.637. The minimum atomic E-state index is -4.12. The van der Waals surface area contributed by atoms with Crippen LogP contribution in [-0.4, -0.2) is 34.1 Å². The first-order chi connectivity index (χ1) is 14.7. The highest BCUT2D eigenvalue weighted by Gasteiger charge is 2.20. The summed E-state index contributed by atoms with van der Waals surface area (Å²) in [6.07, 6.45) is -1.35. The number of primary sulfonamides is 1. The van der Waals surface area contributed by atoms with Gasteiger partial charge in [0.25, 0.3) is 6.43 Å². The van der Waals surface area contributed by atoms with E-state index in [-0.39, 0.29) is 39.8 Å². The van der Waals surface area contributed by atoms with Crippen molar-refractivity contribution in [3.8, 4) is 5.75 Å². The smallest absolute Gasteiger partial charge is 0.264 e. The van der Waals surface area contributed by atoms with E-state index in [1.54, 1.807) is 6.07 Å². The van der Waals surface area contributed by atoms with Gasteiger partial charge in [0.2, 0.25) is 15.9 Å². The van der Waals surface area contributed by atoms with Crippen molar-refractivity contribution >= 4 is 21.6 Å². The van der Waals surface area contributed by atoms with E-state index in [0.29, 0.717) is 19.8 Å². The van der Waals surface area contributed by atoms with Crippen LogP contribution in [0.2, 0.25) is 0 Å². The van der Waals surface area contributed by atoms with Crippen LogP contribution in [0.5, 0.6) is 5.75 Å². The molecular formula is C21H24F2N2O5S. The lowest BCUT2D eigenvalue weighted by molar-refractivity contribution is -0.115. The number of carbonyl (C=O) groups excluding carboxylic acids is 1. The average molecular weight is 454 g/mol. The van der Waals surface area contributed by atoms with Gasteiger partial charge in [-0.05, 0) is 42.5 Å². The third-order valence-corrected chi connectivity index (χ3v) is 5.92. The molecule has 0 bridgehead atoms. The van der Waals surface area contributed by atoms with Crippen LogP contribution < -0.4 is 15.2 Å². The van der Waals surface area contributed by atoms with Crippen LogP contribution in [0.1, 0.15) is 30.4 Å². The molecule has 3 rings (SSSR count). The number of nitrogens with one attached hydrogen (secondary N) is 1. The van der Waals surface area contributed by atoms with Gasteiger partial charge in [0.1, 0.15) is 10.6 Å². The molecule has 0 aromatic heterocycles. The monoisotopic (exact) mass is 454 g/mol. The molecule has 1 heterocycles. The number of halogens is 2. The standard InChI is InChI=1S/C21H24F2N2O5S/c22-21(23)17-4-2-1-3-15(17)11-20(26)25-16-5-6-18(19(12-16)31(24,27)28)30-13-14-7-9-29-10-8-14/h1-6,12,14,21H,7-11,13H2,(H,25,26)(H2,24,27,28). The SMILES string of the molecule is NS(=O)(=O)c1cc(NC(=O)Cc2ccccc2C(F)F)ccc1OCC1CCOCC1. The Labute approximate surface area is 179 Å². The summed E-state index contributed by atoms with van der Waals surface area (Å²) in [5.74, 6) is -0.226. The highest BCUT2D eigenvalue weighted by atomic mass is 32.2. The fourth-order valence-electron chi connectivity index (χ4n) is 3.33. The summed E-state index contributed by atoms with van der Waals surface area (Å²) in [5, 5.41) is 7.84. The van der Waals surface area contributed by atoms with Crippen molar-refractivity contribution in [2.45, 2.75) is 30.6 Å². The number of benzene rings is 2. The van der Waals surface area contributed by atoms with Crippen LogP contribution >= 0.6 is 0 Å². The Morgan fingerprint density at radius 1 is 1.19 bits per heavy atom. The third kappa shape index (κ3) is 6.46. The molecule has 7 nitrogen and oxygen atoms in total. The van der Waals surface area contributed by atoms with Crippen molar-refractivity contribution < 1.29 is 31.5 Å². The van der Waals surface area contributed by atoms with Gasteiger partial charge in [0.15, 0.2) is 0 Å². The van der Waals surface area contributed by atoms with Crippen molar-refractivity contribution in [1.82, 2.24) is 0 Å². The van der Waals surface area contributed by atoms with Gasteiger partial charge < -0.3 is 14.8 Å². The van der Waals surface area contributed by atoms with Crippen molar-refractivity contribution in [3.63, 3.8) is 0 Å². The van der Waals surface area contributed by atoms with Gasteiger partial charge in [-0.2, -0.15) is 0 Å². The molecule has 1 saturated heterocycles. The predicted octanol–water partition coefficient (Wildman–Crippen LogP) is 3.26. The number of alkyl halides is 2. The average Bonchev–Trinajstić information content (AvgIpc) is 2.73. The molecule has 1 aliphatic heterocycles. The van der Waals surface area contributed by atoms with Gasteiger partial charge in [-0.1, -0.05) is 24.3 Å². The van der Waals surface area contributed by atoms with Gasteiger partial charge in [-0.3, -0.25) is 4.79 Å². The molecule has 31 heavy (non-hydrogen) atoms. The Balaban J connectivity index is 1.72. The van der Waals surface area contributed by atoms with Crippen molar-refractivity contribution in [3.05, 3.63) is 53.6 Å². The zero-order chi connectivity index (χ0) is 22.4. The van der Waals surface area contributed by atoms with Crippen LogP contribution in [0.25, 0.3) is 0 Å². The van der Waals surface area contributed by atoms with E-state index in [4.69, 9.17) is 14.6 Å². The van der Waals surface area contributed by atoms with E-state index in [1.807, 2.05) is 0 Å². The zero-order valence-electron chi connectivity index (χ0n) is 16.7. The predicted molar refractivity (Wildman–Crippen MR) is 111 cm³/mol. The summed E-state index contributed by atoms with van der Waals surface area (Å²) in [4.78, 5) is 12.1. The fraction of sp³-hybridized carbons (Fsp3) is 0.381. The van der Waals surface area contributed by atoms with Crippen LogP contribution in [0.4, 0.5) is 14.5 Å². The molecular weight excluding hydrogens is 430 g/mol. The highest BCUT2D eigenvalue weighted by Crippen LogP contribution is 2.28. The molecule has 168 valence electrons. The van der Waals surface area contributed by atoms with Crippen molar-refractivity contribution in [2.75, 3.05) is 25.1 Å². The number of ether oxygens (including phenoxy) is 2. The number of amides is 1. The van der Waals surface area contributed by atoms with Crippen molar-refractivity contribution in [2.24, 2.45) is 11.1 Å². The third-order valence-electron chi connectivity index (χ3n) is 4.99. The van der Waals surface area contributed by atoms with Crippen LogP contribution in [-0.2, 0) is 26.0 Å². The van der Waals surface area contributed by atoms with Gasteiger partial charge in [0.05, 0.1) is 13.0 Å². The fourth-order valence-corrected chi connectivity index (χ4v) is 4.03. The van der Waals surface area contributed by atoms with E-state index in [1.165, 1.54) is 36.4 Å². The summed E-state index contributed by atoms with van der Waals surface area (Å²) in [6, 6.07) is 9.85. The molecule has 2 aromatic carbocycles. The summed E-state index contributed by atoms with van der Waals surface area (Å²) in [6.45, 7) is 1.59. The van der Waals surface area contributed by atoms with Gasteiger partial charge in [-0.15, -0.1) is 0 Å². The molecule has 2 aromatic rings. The normalized spacial score (nSPS) is 15.1. The maximum Gasteiger partial charge on any atom is 0.264 e. The zero-order valence-corrected chi connectivity index (χ0v) is 17.5. The Morgan fingerprint density at radius 2 is 1.90 bits per heavy atom. The lowest BCUT2D eigenvalue weighted by Gasteiger charge is -2.22. The number of hydrogen-bond acceptors (Lipinski definition) is 5. The number of rotatable bonds is 8. The Hall–Kier alpha value is -2.56. The van der Waals surface area contributed by atoms with Crippen LogP contribution in [0.15, 0.2) is 47.4 Å². The molecule has 0 spiro atoms. The number of anilines is 1. The molecule has 0 radical (unpaired) electrons. The molecule has 1 fully saturated rings. The van der Waals surface area contributed by atoms with Gasteiger partial charge in [0, 0.05) is 24.5 Å². The topological polar surface area (TPSA) is 108 Å². The second kappa shape index (κ2) is 10.2. The molecule has 0 saturated carbocycles. The summed E-state index contributed by atoms with van der Waals surface area (Å²) >= 11 is 0. The van der Waals surface area contributed by atoms with E-state index >= 15 is 0 Å². The maximum absolute atomic E-state index is 13.1. The second-order valence-electron chi connectivity index (χ2n) is 7.30. The molecule has 1 aliphatic rings. The van der Waals surface area contributed by atoms with Gasteiger partial charge in [-0.25, -0.2) is 22.3 Å². The van der Waals surface area contributed by atoms with E-state index < -0.39 is 22.4 Å². The lowest BCUT2D eigenvalue weighted by atomic mass is 10.0. The largest absolute Gasteiger partial charge is 0.492 e. The number of hydrogen-bond donors (Lipinski definition) is 2. The molecule has 1 amide bonds. The first-order valence-corrected chi connectivity index (χ1v) is 11.3. The Morgan fingerprint density at radius 3 is 2.58 bits per heavy atom. The number of carbonyl (C=O) groups is 1. The minimum Gasteiger partial charge on any atom is -0.492 e. The van der Waals surface area contributed by atoms with Crippen LogP contribution in [0.3, 0.4) is 0 Å². The number of nitrogens with two attached hydrogens (primary N) is 1. The maximum atomic E-state index is 13.1. The molecule has 0 aliphatic carbocycles. The Kier molecular flexibility index (Phi) is 7.58. The lowest BCUT2D eigenvalue weighted by Crippen LogP contribution is -2.22. The first kappa shape index (κ1) is 23.1. The van der Waals surface area contributed by atoms with E-state index in [9.17, 15) is 22.0 Å². The summed E-state index contributed by atoms with van der Waals surface area (Å²) in [5.41, 5.74) is 0.139. The second-order valence-corrected chi connectivity index (χ2v) is 8.83. The summed E-state index contributed by atoms with van der Waals surface area (Å²) < 4.78 is 61.3. The molecule has 10 heteroatoms. The Bertz CT molecular complexity index is 1020. The minimum absolute atomic E-state index is 0.0926. The van der Waals surface area contributed by atoms with E-state index in [0.717, 1.165) is 12.8 Å². The summed E-state index contributed by atoms with van der Waals surface area (Å²) in [7, 11) is -4.12. The number of sulfonamides is 1. The first-order valence-electron chi connectivity index (χ1n) is 9.77. The molecule has 0 unspecified atom stereocenters. The highest BCUT2D eigenvalue weighted by molar-refractivity contribution is 7.89. The molecule has 0 atom stereocenters. The van der Waals surface area contributed by atoms with Crippen molar-refractivity contribution in [1.29, 1.82) is 0 Å². The van der Waals surface area contributed by atoms with E-state index in [2.05, 4.69) is 5.32 Å². The molecule has 3 N–H and O–H groups in total. The van der Waals surface area contributed by atoms with Crippen LogP contribution in [0, 0.1) is 5.92 Å².